The molecule has 16 heavy (non-hydrogen) atoms. The average Bonchev–Trinajstić information content (AvgIpc) is 2.28. The van der Waals surface area contributed by atoms with Crippen molar-refractivity contribution in [1.29, 1.82) is 0 Å². The summed E-state index contributed by atoms with van der Waals surface area (Å²) in [5, 5.41) is 0. The van der Waals surface area contributed by atoms with Gasteiger partial charge in [0.15, 0.2) is 0 Å². The second-order valence-electron chi connectivity index (χ2n) is 4.85. The van der Waals surface area contributed by atoms with Gasteiger partial charge in [0.25, 0.3) is 0 Å². The smallest absolute Gasteiger partial charge is 0.319 e. The SMILES string of the molecule is CCCN(C)C(=O)N(C)C1CCN(C)CC1. The van der Waals surface area contributed by atoms with Crippen LogP contribution in [0.1, 0.15) is 26.2 Å². The third-order valence-corrected chi connectivity index (χ3v) is 3.42. The number of amides is 2. The van der Waals surface area contributed by atoms with Crippen LogP contribution in [0.25, 0.3) is 0 Å². The summed E-state index contributed by atoms with van der Waals surface area (Å²) in [5.41, 5.74) is 0. The van der Waals surface area contributed by atoms with Gasteiger partial charge in [-0.1, -0.05) is 6.92 Å². The molecule has 0 unspecified atom stereocenters. The van der Waals surface area contributed by atoms with E-state index in [1.54, 1.807) is 0 Å². The van der Waals surface area contributed by atoms with Crippen molar-refractivity contribution in [3.05, 3.63) is 0 Å². The van der Waals surface area contributed by atoms with Crippen LogP contribution in [0.2, 0.25) is 0 Å². The van der Waals surface area contributed by atoms with Crippen LogP contribution in [0.4, 0.5) is 4.79 Å². The van der Waals surface area contributed by atoms with E-state index in [0.717, 1.165) is 38.9 Å². The Bertz CT molecular complexity index is 224. The van der Waals surface area contributed by atoms with E-state index >= 15 is 0 Å². The van der Waals surface area contributed by atoms with Crippen LogP contribution in [0.15, 0.2) is 0 Å². The van der Waals surface area contributed by atoms with Crippen LogP contribution in [0.5, 0.6) is 0 Å². The predicted octanol–water partition coefficient (Wildman–Crippen LogP) is 1.47. The summed E-state index contributed by atoms with van der Waals surface area (Å²) >= 11 is 0. The van der Waals surface area contributed by atoms with E-state index in [1.165, 1.54) is 0 Å². The normalized spacial score (nSPS) is 18.5. The Morgan fingerprint density at radius 3 is 2.38 bits per heavy atom. The number of likely N-dealkylation sites (tertiary alicyclic amines) is 1. The first-order chi connectivity index (χ1) is 7.56. The topological polar surface area (TPSA) is 26.8 Å². The van der Waals surface area contributed by atoms with Gasteiger partial charge in [-0.15, -0.1) is 0 Å². The molecule has 2 amide bonds. The van der Waals surface area contributed by atoms with E-state index in [2.05, 4.69) is 18.9 Å². The molecule has 1 saturated heterocycles. The lowest BCUT2D eigenvalue weighted by atomic mass is 10.0. The molecule has 0 radical (unpaired) electrons. The Morgan fingerprint density at radius 2 is 1.88 bits per heavy atom. The zero-order valence-electron chi connectivity index (χ0n) is 11.1. The van der Waals surface area contributed by atoms with Crippen molar-refractivity contribution >= 4 is 6.03 Å². The summed E-state index contributed by atoms with van der Waals surface area (Å²) in [4.78, 5) is 18.1. The van der Waals surface area contributed by atoms with E-state index in [0.29, 0.717) is 6.04 Å². The molecule has 1 aliphatic heterocycles. The Morgan fingerprint density at radius 1 is 1.31 bits per heavy atom. The fraction of sp³-hybridized carbons (Fsp3) is 0.917. The zero-order chi connectivity index (χ0) is 12.1. The first kappa shape index (κ1) is 13.3. The molecule has 0 aromatic carbocycles. The summed E-state index contributed by atoms with van der Waals surface area (Å²) in [6, 6.07) is 0.583. The maximum Gasteiger partial charge on any atom is 0.319 e. The Kier molecular flexibility index (Phi) is 5.06. The standard InChI is InChI=1S/C12H25N3O/c1-5-8-14(3)12(16)15(4)11-6-9-13(2)10-7-11/h11H,5-10H2,1-4H3. The Hall–Kier alpha value is -0.770. The second kappa shape index (κ2) is 6.09. The summed E-state index contributed by atoms with van der Waals surface area (Å²) < 4.78 is 0. The van der Waals surface area contributed by atoms with Gasteiger partial charge in [0.05, 0.1) is 0 Å². The molecule has 1 heterocycles. The summed E-state index contributed by atoms with van der Waals surface area (Å²) in [7, 11) is 5.96. The van der Waals surface area contributed by atoms with E-state index < -0.39 is 0 Å². The quantitative estimate of drug-likeness (QED) is 0.730. The monoisotopic (exact) mass is 227 g/mol. The molecule has 0 saturated carbocycles. The van der Waals surface area contributed by atoms with Gasteiger partial charge in [-0.25, -0.2) is 4.79 Å². The van der Waals surface area contributed by atoms with Gasteiger partial charge in [0.2, 0.25) is 0 Å². The van der Waals surface area contributed by atoms with Crippen LogP contribution >= 0.6 is 0 Å². The van der Waals surface area contributed by atoms with Crippen LogP contribution in [0, 0.1) is 0 Å². The Balaban J connectivity index is 2.44. The van der Waals surface area contributed by atoms with Gasteiger partial charge < -0.3 is 14.7 Å². The van der Waals surface area contributed by atoms with Gasteiger partial charge in [-0.2, -0.15) is 0 Å². The van der Waals surface area contributed by atoms with Gasteiger partial charge >= 0.3 is 6.03 Å². The third-order valence-electron chi connectivity index (χ3n) is 3.42. The molecule has 1 rings (SSSR count). The van der Waals surface area contributed by atoms with Crippen LogP contribution in [0.3, 0.4) is 0 Å². The second-order valence-corrected chi connectivity index (χ2v) is 4.85. The highest BCUT2D eigenvalue weighted by Gasteiger charge is 2.25. The minimum absolute atomic E-state index is 0.163. The van der Waals surface area contributed by atoms with Crippen molar-refractivity contribution < 1.29 is 4.79 Å². The molecule has 4 nitrogen and oxygen atoms in total. The highest BCUT2D eigenvalue weighted by molar-refractivity contribution is 5.74. The van der Waals surface area contributed by atoms with Gasteiger partial charge in [0, 0.05) is 26.7 Å². The number of piperidine rings is 1. The average molecular weight is 227 g/mol. The number of rotatable bonds is 3. The lowest BCUT2D eigenvalue weighted by Gasteiger charge is -2.36. The van der Waals surface area contributed by atoms with Crippen LogP contribution in [-0.4, -0.2) is 67.5 Å². The van der Waals surface area contributed by atoms with Crippen molar-refractivity contribution in [2.75, 3.05) is 40.8 Å². The van der Waals surface area contributed by atoms with Crippen molar-refractivity contribution in [3.8, 4) is 0 Å². The first-order valence-corrected chi connectivity index (χ1v) is 6.22. The molecule has 94 valence electrons. The number of carbonyl (C=O) groups is 1. The number of urea groups is 1. The van der Waals surface area contributed by atoms with Crippen LogP contribution in [-0.2, 0) is 0 Å². The maximum absolute atomic E-state index is 12.1. The van der Waals surface area contributed by atoms with Crippen molar-refractivity contribution in [2.24, 2.45) is 0 Å². The molecular weight excluding hydrogens is 202 g/mol. The summed E-state index contributed by atoms with van der Waals surface area (Å²) in [6.07, 6.45) is 3.21. The lowest BCUT2D eigenvalue weighted by Crippen LogP contribution is -2.48. The van der Waals surface area contributed by atoms with E-state index in [-0.39, 0.29) is 6.03 Å². The fourth-order valence-electron chi connectivity index (χ4n) is 2.24. The van der Waals surface area contributed by atoms with E-state index in [4.69, 9.17) is 0 Å². The molecule has 1 fully saturated rings. The molecule has 1 aliphatic rings. The van der Waals surface area contributed by atoms with Gasteiger partial charge in [-0.05, 0) is 39.4 Å². The predicted molar refractivity (Wildman–Crippen MR) is 66.6 cm³/mol. The van der Waals surface area contributed by atoms with Crippen molar-refractivity contribution in [1.82, 2.24) is 14.7 Å². The van der Waals surface area contributed by atoms with Crippen molar-refractivity contribution in [2.45, 2.75) is 32.2 Å². The van der Waals surface area contributed by atoms with Crippen molar-refractivity contribution in [3.63, 3.8) is 0 Å². The van der Waals surface area contributed by atoms with Crippen LogP contribution < -0.4 is 0 Å². The molecule has 4 heteroatoms. The van der Waals surface area contributed by atoms with E-state index in [1.807, 2.05) is 23.9 Å². The molecule has 0 spiro atoms. The molecule has 0 aromatic heterocycles. The highest BCUT2D eigenvalue weighted by atomic mass is 16.2. The number of nitrogens with zero attached hydrogens (tertiary/aromatic N) is 3. The highest BCUT2D eigenvalue weighted by Crippen LogP contribution is 2.15. The third kappa shape index (κ3) is 3.37. The molecule has 0 N–H and O–H groups in total. The number of hydrogen-bond donors (Lipinski definition) is 0. The Labute approximate surface area is 99.2 Å². The van der Waals surface area contributed by atoms with E-state index in [9.17, 15) is 4.79 Å². The minimum atomic E-state index is 0.163. The zero-order valence-corrected chi connectivity index (χ0v) is 11.1. The first-order valence-electron chi connectivity index (χ1n) is 6.22. The van der Waals surface area contributed by atoms with Gasteiger partial charge in [0.1, 0.15) is 0 Å². The molecule has 0 aromatic rings. The molecule has 0 atom stereocenters. The largest absolute Gasteiger partial charge is 0.328 e. The fourth-order valence-corrected chi connectivity index (χ4v) is 2.24. The molecular formula is C12H25N3O. The maximum atomic E-state index is 12.1. The molecule has 0 aliphatic carbocycles. The minimum Gasteiger partial charge on any atom is -0.328 e. The van der Waals surface area contributed by atoms with Gasteiger partial charge in [-0.3, -0.25) is 0 Å². The number of carbonyl (C=O) groups excluding carboxylic acids is 1. The number of hydrogen-bond acceptors (Lipinski definition) is 2. The summed E-state index contributed by atoms with van der Waals surface area (Å²) in [5.74, 6) is 0. The lowest BCUT2D eigenvalue weighted by molar-refractivity contribution is 0.125. The molecule has 0 bridgehead atoms. The summed E-state index contributed by atoms with van der Waals surface area (Å²) in [6.45, 7) is 5.13.